The van der Waals surface area contributed by atoms with Crippen LogP contribution in [0.25, 0.3) is 0 Å². The first-order valence-corrected chi connectivity index (χ1v) is 23.2. The summed E-state index contributed by atoms with van der Waals surface area (Å²) < 4.78 is 0. The van der Waals surface area contributed by atoms with E-state index in [0.717, 1.165) is 0 Å². The van der Waals surface area contributed by atoms with Crippen molar-refractivity contribution in [3.8, 4) is 0 Å². The average molecular weight is 811 g/mol. The number of rotatable bonds is 9. The minimum atomic E-state index is 0.642. The fourth-order valence-electron chi connectivity index (χ4n) is 5.92. The van der Waals surface area contributed by atoms with Gasteiger partial charge in [0.25, 0.3) is 0 Å². The van der Waals surface area contributed by atoms with Crippen molar-refractivity contribution in [2.24, 2.45) is 0 Å². The van der Waals surface area contributed by atoms with E-state index in [0.29, 0.717) is 53.3 Å². The Morgan fingerprint density at radius 3 is 0.550 bits per heavy atom. The molecule has 60 heavy (non-hydrogen) atoms. The van der Waals surface area contributed by atoms with E-state index in [9.17, 15) is 0 Å². The van der Waals surface area contributed by atoms with E-state index >= 15 is 0 Å². The molecule has 0 saturated heterocycles. The highest BCUT2D eigenvalue weighted by molar-refractivity contribution is 5.30. The maximum atomic E-state index is 3.36. The van der Waals surface area contributed by atoms with E-state index in [2.05, 4.69) is 253 Å². The molecule has 0 spiro atoms. The Morgan fingerprint density at radius 1 is 0.250 bits per heavy atom. The van der Waals surface area contributed by atoms with Gasteiger partial charge in [0, 0.05) is 0 Å². The topological polar surface area (TPSA) is 0 Å². The standard InChI is InChI=1S/4C12H18.C9H12.C3H6/c2*1-9(2)11-5-7-12(8-6-11)10(3)4;2*1-9(2)11-6-5-7-12(8-11)10(3)4;1-8(2)9-6-4-3-5-7-9;1-3-2/h4*5-10H,1-4H3;3-8H,1-2H3;3H,1H2,2H3. The van der Waals surface area contributed by atoms with Crippen LogP contribution in [0.15, 0.2) is 140 Å². The summed E-state index contributed by atoms with van der Waals surface area (Å²) in [5, 5.41) is 0. The van der Waals surface area contributed by atoms with Gasteiger partial charge in [-0.05, 0) is 110 Å². The molecule has 0 radical (unpaired) electrons. The first-order valence-electron chi connectivity index (χ1n) is 23.2. The lowest BCUT2D eigenvalue weighted by molar-refractivity contribution is 0.834. The molecule has 0 N–H and O–H groups in total. The zero-order valence-corrected chi connectivity index (χ0v) is 42.1. The third-order valence-corrected chi connectivity index (χ3v) is 10.5. The van der Waals surface area contributed by atoms with Gasteiger partial charge in [0.05, 0.1) is 0 Å². The average Bonchev–Trinajstić information content (AvgIpc) is 3.22. The second-order valence-electron chi connectivity index (χ2n) is 18.9. The second-order valence-corrected chi connectivity index (χ2v) is 18.9. The lowest BCUT2D eigenvalue weighted by Gasteiger charge is -2.09. The molecule has 0 atom stereocenters. The maximum absolute atomic E-state index is 3.36. The van der Waals surface area contributed by atoms with Crippen LogP contribution in [-0.4, -0.2) is 0 Å². The Bertz CT molecular complexity index is 1560. The van der Waals surface area contributed by atoms with Crippen LogP contribution in [0.4, 0.5) is 0 Å². The summed E-state index contributed by atoms with van der Waals surface area (Å²) in [6.45, 7) is 45.4. The summed E-state index contributed by atoms with van der Waals surface area (Å²) in [5.74, 6) is 5.81. The molecule has 0 unspecified atom stereocenters. The molecule has 5 aromatic carbocycles. The molecule has 0 aliphatic heterocycles. The van der Waals surface area contributed by atoms with E-state index in [-0.39, 0.29) is 0 Å². The third-order valence-electron chi connectivity index (χ3n) is 10.5. The van der Waals surface area contributed by atoms with E-state index in [1.807, 2.05) is 13.0 Å². The van der Waals surface area contributed by atoms with Crippen molar-refractivity contribution in [2.75, 3.05) is 0 Å². The first kappa shape index (κ1) is 55.8. The van der Waals surface area contributed by atoms with E-state index < -0.39 is 0 Å². The predicted octanol–water partition coefficient (Wildman–Crippen LogP) is 19.7. The highest BCUT2D eigenvalue weighted by atomic mass is 14.1. The highest BCUT2D eigenvalue weighted by Crippen LogP contribution is 2.23. The van der Waals surface area contributed by atoms with Gasteiger partial charge in [-0.1, -0.05) is 258 Å². The fraction of sp³-hybridized carbons (Fsp3) is 0.467. The van der Waals surface area contributed by atoms with Crippen LogP contribution in [0.1, 0.15) is 235 Å². The van der Waals surface area contributed by atoms with E-state index in [1.165, 1.54) is 50.1 Å². The van der Waals surface area contributed by atoms with Crippen LogP contribution in [0.2, 0.25) is 0 Å². The van der Waals surface area contributed by atoms with Gasteiger partial charge in [0.15, 0.2) is 0 Å². The number of benzene rings is 5. The molecule has 0 saturated carbocycles. The third kappa shape index (κ3) is 23.6. The monoisotopic (exact) mass is 811 g/mol. The minimum absolute atomic E-state index is 0.642. The van der Waals surface area contributed by atoms with Crippen LogP contribution in [0.5, 0.6) is 0 Å². The Labute approximate surface area is 373 Å². The zero-order valence-electron chi connectivity index (χ0n) is 42.1. The Hall–Kier alpha value is -4.16. The lowest BCUT2D eigenvalue weighted by atomic mass is 9.96. The predicted molar refractivity (Wildman–Crippen MR) is 275 cm³/mol. The summed E-state index contributed by atoms with van der Waals surface area (Å²) in [5.41, 5.74) is 12.9. The van der Waals surface area contributed by atoms with Crippen LogP contribution in [0.3, 0.4) is 0 Å². The van der Waals surface area contributed by atoms with Gasteiger partial charge in [0.1, 0.15) is 0 Å². The van der Waals surface area contributed by atoms with Crippen molar-refractivity contribution >= 4 is 0 Å². The van der Waals surface area contributed by atoms with Gasteiger partial charge >= 0.3 is 0 Å². The van der Waals surface area contributed by atoms with E-state index in [1.54, 1.807) is 6.08 Å². The van der Waals surface area contributed by atoms with Gasteiger partial charge in [0.2, 0.25) is 0 Å². The Kier molecular flexibility index (Phi) is 28.7. The van der Waals surface area contributed by atoms with Gasteiger partial charge < -0.3 is 0 Å². The van der Waals surface area contributed by atoms with Gasteiger partial charge in [-0.15, -0.1) is 6.58 Å². The second kappa shape index (κ2) is 30.8. The summed E-state index contributed by atoms with van der Waals surface area (Å²) in [6.07, 6.45) is 1.75. The smallest absolute Gasteiger partial charge is 0.0219 e. The Morgan fingerprint density at radius 2 is 0.400 bits per heavy atom. The molecule has 5 rings (SSSR count). The summed E-state index contributed by atoms with van der Waals surface area (Å²) in [6, 6.07) is 46.2. The molecule has 0 amide bonds. The summed E-state index contributed by atoms with van der Waals surface area (Å²) in [4.78, 5) is 0. The first-order chi connectivity index (χ1) is 28.2. The van der Waals surface area contributed by atoms with Crippen molar-refractivity contribution in [3.63, 3.8) is 0 Å². The Balaban J connectivity index is 0.000000715. The largest absolute Gasteiger partial charge is 0.103 e. The molecule has 0 nitrogen and oxygen atoms in total. The van der Waals surface area contributed by atoms with Crippen LogP contribution < -0.4 is 0 Å². The molecule has 0 bridgehead atoms. The van der Waals surface area contributed by atoms with Crippen LogP contribution in [0, 0.1) is 0 Å². The number of hydrogen-bond donors (Lipinski definition) is 0. The van der Waals surface area contributed by atoms with Crippen LogP contribution in [-0.2, 0) is 0 Å². The fourth-order valence-corrected chi connectivity index (χ4v) is 5.92. The summed E-state index contributed by atoms with van der Waals surface area (Å²) >= 11 is 0. The van der Waals surface area contributed by atoms with Gasteiger partial charge in [-0.3, -0.25) is 0 Å². The lowest BCUT2D eigenvalue weighted by Crippen LogP contribution is -1.91. The minimum Gasteiger partial charge on any atom is -0.103 e. The highest BCUT2D eigenvalue weighted by Gasteiger charge is 2.05. The number of allylic oxidation sites excluding steroid dienone is 1. The molecule has 330 valence electrons. The molecule has 0 aliphatic rings. The van der Waals surface area contributed by atoms with Gasteiger partial charge in [-0.25, -0.2) is 0 Å². The van der Waals surface area contributed by atoms with E-state index in [4.69, 9.17) is 0 Å². The molecular weight excluding hydrogens is 721 g/mol. The van der Waals surface area contributed by atoms with Gasteiger partial charge in [-0.2, -0.15) is 0 Å². The zero-order chi connectivity index (χ0) is 45.9. The molecule has 0 aromatic heterocycles. The molecule has 0 heterocycles. The molecule has 0 fully saturated rings. The van der Waals surface area contributed by atoms with Crippen molar-refractivity contribution < 1.29 is 0 Å². The number of hydrogen-bond acceptors (Lipinski definition) is 0. The molecule has 0 heteroatoms. The van der Waals surface area contributed by atoms with Crippen LogP contribution >= 0.6 is 0 Å². The van der Waals surface area contributed by atoms with Crippen molar-refractivity contribution in [1.82, 2.24) is 0 Å². The summed E-state index contributed by atoms with van der Waals surface area (Å²) in [7, 11) is 0. The quantitative estimate of drug-likeness (QED) is 0.130. The van der Waals surface area contributed by atoms with Crippen molar-refractivity contribution in [2.45, 2.75) is 185 Å². The molecule has 0 aliphatic carbocycles. The SMILES string of the molecule is C=CC.CC(C)c1ccc(C(C)C)cc1.CC(C)c1ccc(C(C)C)cc1.CC(C)c1cccc(C(C)C)c1.CC(C)c1cccc(C(C)C)c1.CC(C)c1ccccc1. The maximum Gasteiger partial charge on any atom is -0.0219 e. The van der Waals surface area contributed by atoms with Crippen molar-refractivity contribution in [3.05, 3.63) is 190 Å². The molecular formula is C60H90. The normalized spacial score (nSPS) is 10.7. The molecule has 5 aromatic rings. The van der Waals surface area contributed by atoms with Crippen molar-refractivity contribution in [1.29, 1.82) is 0 Å².